The number of benzene rings is 3. The summed E-state index contributed by atoms with van der Waals surface area (Å²) >= 11 is 0. The number of rotatable bonds is 5. The fourth-order valence-corrected chi connectivity index (χ4v) is 6.37. The maximum Gasteiger partial charge on any atom is 0.228 e. The number of carbonyl (C=O) groups is 1. The van der Waals surface area contributed by atoms with Crippen molar-refractivity contribution >= 4 is 5.91 Å². The van der Waals surface area contributed by atoms with Crippen LogP contribution in [0.15, 0.2) is 109 Å². The number of pyridine rings is 1. The first-order valence-electron chi connectivity index (χ1n) is 13.5. The van der Waals surface area contributed by atoms with E-state index < -0.39 is 0 Å². The van der Waals surface area contributed by atoms with Crippen LogP contribution in [0.2, 0.25) is 0 Å². The summed E-state index contributed by atoms with van der Waals surface area (Å²) in [6.45, 7) is 2.33. The van der Waals surface area contributed by atoms with Crippen molar-refractivity contribution in [3.8, 4) is 11.1 Å². The van der Waals surface area contributed by atoms with Gasteiger partial charge in [-0.25, -0.2) is 4.98 Å². The minimum atomic E-state index is -0.0756. The lowest BCUT2D eigenvalue weighted by Crippen LogP contribution is -2.45. The van der Waals surface area contributed by atoms with Gasteiger partial charge in [0.15, 0.2) is 12.4 Å². The molecule has 2 saturated heterocycles. The number of piperidine rings is 1. The highest BCUT2D eigenvalue weighted by Gasteiger charge is 2.41. The zero-order valence-electron chi connectivity index (χ0n) is 21.1. The van der Waals surface area contributed by atoms with Crippen LogP contribution in [0, 0.1) is 5.92 Å². The third-order valence-corrected chi connectivity index (χ3v) is 8.25. The fourth-order valence-electron chi connectivity index (χ4n) is 6.37. The molecule has 1 amide bonds. The standard InChI is InChI=1S/C33H33N3O/c37-33(31-23-35-22-30(31)29-16-8-7-15-28(29)27-14-9-18-34-21-27)36-19-17-26(24-10-3-1-4-11-24)20-32(36)25-12-5-2-6-13-25/h1-16,18,21,26,30-32,35H,17,19-20,22-23H2/p+1/t26-,30-,31+,32+/m0/s1. The molecule has 2 N–H and O–H groups in total. The lowest BCUT2D eigenvalue weighted by atomic mass is 9.80. The first kappa shape index (κ1) is 23.6. The van der Waals surface area contributed by atoms with Crippen molar-refractivity contribution in [3.63, 3.8) is 0 Å². The number of carbonyl (C=O) groups excluding carboxylic acids is 1. The van der Waals surface area contributed by atoms with Crippen molar-refractivity contribution in [2.24, 2.45) is 5.92 Å². The average Bonchev–Trinajstić information content (AvgIpc) is 3.48. The van der Waals surface area contributed by atoms with Gasteiger partial charge in [0.1, 0.15) is 0 Å². The van der Waals surface area contributed by atoms with Crippen molar-refractivity contribution in [2.75, 3.05) is 19.6 Å². The van der Waals surface area contributed by atoms with Crippen LogP contribution in [-0.2, 0) is 4.79 Å². The molecule has 3 aromatic carbocycles. The molecule has 37 heavy (non-hydrogen) atoms. The summed E-state index contributed by atoms with van der Waals surface area (Å²) in [5.74, 6) is 0.813. The zero-order valence-corrected chi connectivity index (χ0v) is 21.1. The number of hydrogen-bond donors (Lipinski definition) is 1. The van der Waals surface area contributed by atoms with Gasteiger partial charge in [0, 0.05) is 37.2 Å². The van der Waals surface area contributed by atoms with Crippen LogP contribution >= 0.6 is 0 Å². The van der Waals surface area contributed by atoms with Gasteiger partial charge in [0.25, 0.3) is 0 Å². The molecule has 1 aromatic heterocycles. The Hall–Kier alpha value is -3.76. The van der Waals surface area contributed by atoms with Gasteiger partial charge in [0.2, 0.25) is 5.91 Å². The van der Waals surface area contributed by atoms with Gasteiger partial charge in [-0.05, 0) is 47.1 Å². The number of H-pyrrole nitrogens is 1. The summed E-state index contributed by atoms with van der Waals surface area (Å²) in [5.41, 5.74) is 6.22. The van der Waals surface area contributed by atoms with Crippen LogP contribution in [0.3, 0.4) is 0 Å². The van der Waals surface area contributed by atoms with Gasteiger partial charge < -0.3 is 10.2 Å². The summed E-state index contributed by atoms with van der Waals surface area (Å²) in [7, 11) is 0. The van der Waals surface area contributed by atoms with Gasteiger partial charge >= 0.3 is 0 Å². The van der Waals surface area contributed by atoms with Gasteiger partial charge in [0.05, 0.1) is 12.0 Å². The molecule has 0 spiro atoms. The van der Waals surface area contributed by atoms with Crippen molar-refractivity contribution in [1.82, 2.24) is 10.2 Å². The highest BCUT2D eigenvalue weighted by Crippen LogP contribution is 2.42. The molecular formula is C33H34N3O+. The van der Waals surface area contributed by atoms with Crippen molar-refractivity contribution in [1.29, 1.82) is 0 Å². The van der Waals surface area contributed by atoms with E-state index in [0.29, 0.717) is 5.92 Å². The Morgan fingerprint density at radius 1 is 0.811 bits per heavy atom. The van der Waals surface area contributed by atoms with Gasteiger partial charge in [-0.15, -0.1) is 0 Å². The quantitative estimate of drug-likeness (QED) is 0.396. The Morgan fingerprint density at radius 3 is 2.30 bits per heavy atom. The normalized spacial score (nSPS) is 23.6. The van der Waals surface area contributed by atoms with E-state index in [9.17, 15) is 4.79 Å². The topological polar surface area (TPSA) is 46.5 Å². The molecule has 3 heterocycles. The van der Waals surface area contributed by atoms with Crippen LogP contribution in [0.25, 0.3) is 11.1 Å². The number of likely N-dealkylation sites (tertiary alicyclic amines) is 1. The molecule has 2 aliphatic heterocycles. The minimum Gasteiger partial charge on any atom is -0.335 e. The molecular weight excluding hydrogens is 454 g/mol. The molecule has 0 saturated carbocycles. The number of amides is 1. The van der Waals surface area contributed by atoms with Gasteiger partial charge in [-0.2, -0.15) is 0 Å². The number of aromatic amines is 1. The first-order valence-corrected chi connectivity index (χ1v) is 13.5. The molecule has 0 radical (unpaired) electrons. The molecule has 2 aliphatic rings. The Kier molecular flexibility index (Phi) is 6.83. The molecule has 4 atom stereocenters. The van der Waals surface area contributed by atoms with Crippen molar-refractivity contribution in [2.45, 2.75) is 30.7 Å². The molecule has 4 heteroatoms. The zero-order chi connectivity index (χ0) is 25.0. The van der Waals surface area contributed by atoms with Crippen LogP contribution in [0.5, 0.6) is 0 Å². The van der Waals surface area contributed by atoms with E-state index in [2.05, 4.69) is 106 Å². The minimum absolute atomic E-state index is 0.0756. The van der Waals surface area contributed by atoms with Crippen LogP contribution < -0.4 is 10.3 Å². The Morgan fingerprint density at radius 2 is 1.54 bits per heavy atom. The molecule has 6 rings (SSSR count). The molecule has 0 unspecified atom stereocenters. The lowest BCUT2D eigenvalue weighted by Gasteiger charge is -2.42. The summed E-state index contributed by atoms with van der Waals surface area (Å²) in [6.07, 6.45) is 5.93. The van der Waals surface area contributed by atoms with E-state index in [1.807, 2.05) is 18.5 Å². The average molecular weight is 489 g/mol. The van der Waals surface area contributed by atoms with Crippen molar-refractivity contribution in [3.05, 3.63) is 126 Å². The van der Waals surface area contributed by atoms with E-state index >= 15 is 0 Å². The molecule has 0 aliphatic carbocycles. The lowest BCUT2D eigenvalue weighted by molar-refractivity contribution is -0.377. The van der Waals surface area contributed by atoms with Crippen molar-refractivity contribution < 1.29 is 9.78 Å². The van der Waals surface area contributed by atoms with E-state index in [-0.39, 0.29) is 23.8 Å². The number of nitrogens with zero attached hydrogens (tertiary/aromatic N) is 1. The van der Waals surface area contributed by atoms with Crippen LogP contribution in [0.1, 0.15) is 47.4 Å². The van der Waals surface area contributed by atoms with Gasteiger partial charge in [-0.1, -0.05) is 84.9 Å². The third-order valence-electron chi connectivity index (χ3n) is 8.25. The summed E-state index contributed by atoms with van der Waals surface area (Å²) in [5, 5.41) is 3.55. The van der Waals surface area contributed by atoms with Crippen LogP contribution in [-0.4, -0.2) is 30.4 Å². The molecule has 4 nitrogen and oxygen atoms in total. The maximum absolute atomic E-state index is 14.3. The van der Waals surface area contributed by atoms with E-state index in [4.69, 9.17) is 0 Å². The summed E-state index contributed by atoms with van der Waals surface area (Å²) in [4.78, 5) is 19.7. The molecule has 186 valence electrons. The third kappa shape index (κ3) is 4.82. The fraction of sp³-hybridized carbons (Fsp3) is 0.273. The van der Waals surface area contributed by atoms with E-state index in [0.717, 1.165) is 38.0 Å². The second kappa shape index (κ2) is 10.7. The Balaban J connectivity index is 1.31. The Bertz CT molecular complexity index is 1330. The molecule has 4 aromatic rings. The van der Waals surface area contributed by atoms with E-state index in [1.54, 1.807) is 0 Å². The maximum atomic E-state index is 14.3. The highest BCUT2D eigenvalue weighted by molar-refractivity contribution is 5.82. The van der Waals surface area contributed by atoms with E-state index in [1.165, 1.54) is 22.3 Å². The SMILES string of the molecule is O=C([C@@H]1CNC[C@H]1c1ccccc1-c1ccc[nH+]c1)N1CC[C@H](c2ccccc2)C[C@@H]1c1ccccc1. The summed E-state index contributed by atoms with van der Waals surface area (Å²) in [6, 6.07) is 34.2. The van der Waals surface area contributed by atoms with Crippen LogP contribution in [0.4, 0.5) is 0 Å². The Labute approximate surface area is 219 Å². The second-order valence-electron chi connectivity index (χ2n) is 10.3. The predicted octanol–water partition coefficient (Wildman–Crippen LogP) is 5.62. The highest BCUT2D eigenvalue weighted by atomic mass is 16.2. The second-order valence-corrected chi connectivity index (χ2v) is 10.3. The molecule has 0 bridgehead atoms. The number of hydrogen-bond acceptors (Lipinski definition) is 2. The number of nitrogens with one attached hydrogen (secondary N) is 2. The summed E-state index contributed by atoms with van der Waals surface area (Å²) < 4.78 is 0. The number of aromatic nitrogens is 1. The first-order chi connectivity index (χ1) is 18.3. The molecule has 2 fully saturated rings. The monoisotopic (exact) mass is 488 g/mol. The largest absolute Gasteiger partial charge is 0.335 e. The predicted molar refractivity (Wildman–Crippen MR) is 147 cm³/mol. The smallest absolute Gasteiger partial charge is 0.228 e. The van der Waals surface area contributed by atoms with Gasteiger partial charge in [-0.3, -0.25) is 4.79 Å².